The number of nitrogens with one attached hydrogen (secondary N) is 2. The lowest BCUT2D eigenvalue weighted by Crippen LogP contribution is -2.49. The molecule has 1 aliphatic carbocycles. The van der Waals surface area contributed by atoms with Crippen molar-refractivity contribution in [1.82, 2.24) is 20.4 Å². The highest BCUT2D eigenvalue weighted by atomic mass is 16.5. The van der Waals surface area contributed by atoms with Crippen molar-refractivity contribution >= 4 is 6.03 Å². The quantitative estimate of drug-likeness (QED) is 0.812. The number of hydrogen-bond donors (Lipinski definition) is 2. The van der Waals surface area contributed by atoms with Gasteiger partial charge in [-0.3, -0.25) is 4.68 Å². The Bertz CT molecular complexity index is 502. The van der Waals surface area contributed by atoms with Gasteiger partial charge in [0.05, 0.1) is 12.3 Å². The van der Waals surface area contributed by atoms with Crippen LogP contribution in [0.25, 0.3) is 0 Å². The topological polar surface area (TPSA) is 68.2 Å². The van der Waals surface area contributed by atoms with Gasteiger partial charge in [-0.25, -0.2) is 4.79 Å². The molecule has 2 fully saturated rings. The number of carbonyl (C=O) groups excluding carboxylic acids is 1. The first-order valence-electron chi connectivity index (χ1n) is 8.36. The van der Waals surface area contributed by atoms with Crippen LogP contribution in [-0.2, 0) is 18.2 Å². The molecule has 6 heteroatoms. The standard InChI is InChI=1S/C16H26N4O2/c1-20-11-12(10-18-20)4-3-8-17-16(21)19-14-5-2-6-15-13(14)7-9-22-15/h10-11,13-15H,2-9H2,1H3,(H2,17,19,21)/t13-,14+,15+/m0/s1. The van der Waals surface area contributed by atoms with Crippen LogP contribution in [0.15, 0.2) is 12.4 Å². The third-order valence-electron chi connectivity index (χ3n) is 4.78. The van der Waals surface area contributed by atoms with Gasteiger partial charge in [0, 0.05) is 38.4 Å². The third-order valence-corrected chi connectivity index (χ3v) is 4.78. The molecule has 6 nitrogen and oxygen atoms in total. The Labute approximate surface area is 131 Å². The number of nitrogens with zero attached hydrogens (tertiary/aromatic N) is 2. The normalized spacial score (nSPS) is 27.4. The molecule has 1 aliphatic heterocycles. The summed E-state index contributed by atoms with van der Waals surface area (Å²) in [5, 5.41) is 10.3. The molecule has 2 aliphatic rings. The molecule has 0 radical (unpaired) electrons. The summed E-state index contributed by atoms with van der Waals surface area (Å²) < 4.78 is 7.54. The van der Waals surface area contributed by atoms with E-state index in [0.717, 1.165) is 45.1 Å². The molecule has 122 valence electrons. The molecule has 0 bridgehead atoms. The number of carbonyl (C=O) groups is 1. The number of amides is 2. The molecule has 22 heavy (non-hydrogen) atoms. The first-order chi connectivity index (χ1) is 10.7. The average Bonchev–Trinajstić information content (AvgIpc) is 3.13. The number of fused-ring (bicyclic) bond motifs is 1. The Balaban J connectivity index is 1.35. The Morgan fingerprint density at radius 2 is 2.36 bits per heavy atom. The molecule has 2 amide bonds. The number of aromatic nitrogens is 2. The minimum absolute atomic E-state index is 0.0382. The van der Waals surface area contributed by atoms with Crippen molar-refractivity contribution in [2.75, 3.05) is 13.2 Å². The Hall–Kier alpha value is -1.56. The zero-order chi connectivity index (χ0) is 15.4. The Kier molecular flexibility index (Phi) is 4.97. The minimum atomic E-state index is -0.0382. The lowest BCUT2D eigenvalue weighted by molar-refractivity contribution is 0.0549. The highest BCUT2D eigenvalue weighted by Gasteiger charge is 2.38. The van der Waals surface area contributed by atoms with Crippen molar-refractivity contribution in [1.29, 1.82) is 0 Å². The van der Waals surface area contributed by atoms with E-state index in [1.807, 2.05) is 19.4 Å². The maximum absolute atomic E-state index is 12.0. The van der Waals surface area contributed by atoms with E-state index in [2.05, 4.69) is 15.7 Å². The van der Waals surface area contributed by atoms with E-state index in [1.165, 1.54) is 5.56 Å². The first-order valence-corrected chi connectivity index (χ1v) is 8.36. The van der Waals surface area contributed by atoms with Gasteiger partial charge in [-0.15, -0.1) is 0 Å². The van der Waals surface area contributed by atoms with Crippen LogP contribution in [0.2, 0.25) is 0 Å². The molecule has 1 aromatic rings. The lowest BCUT2D eigenvalue weighted by atomic mass is 9.82. The fourth-order valence-electron chi connectivity index (χ4n) is 3.67. The molecule has 0 unspecified atom stereocenters. The van der Waals surface area contributed by atoms with E-state index in [4.69, 9.17) is 4.74 Å². The number of urea groups is 1. The van der Waals surface area contributed by atoms with E-state index >= 15 is 0 Å². The van der Waals surface area contributed by atoms with E-state index in [1.54, 1.807) is 4.68 Å². The molecule has 3 rings (SSSR count). The van der Waals surface area contributed by atoms with E-state index < -0.39 is 0 Å². The van der Waals surface area contributed by atoms with Gasteiger partial charge < -0.3 is 15.4 Å². The Morgan fingerprint density at radius 1 is 1.45 bits per heavy atom. The first kappa shape index (κ1) is 15.3. The molecule has 1 aromatic heterocycles. The van der Waals surface area contributed by atoms with Crippen LogP contribution in [0.5, 0.6) is 0 Å². The zero-order valence-corrected chi connectivity index (χ0v) is 13.3. The van der Waals surface area contributed by atoms with Crippen molar-refractivity contribution in [2.45, 2.75) is 50.7 Å². The zero-order valence-electron chi connectivity index (χ0n) is 13.3. The van der Waals surface area contributed by atoms with Gasteiger partial charge in [-0.2, -0.15) is 5.10 Å². The van der Waals surface area contributed by atoms with Crippen LogP contribution >= 0.6 is 0 Å². The third kappa shape index (κ3) is 3.80. The van der Waals surface area contributed by atoms with E-state index in [-0.39, 0.29) is 12.1 Å². The van der Waals surface area contributed by atoms with Crippen LogP contribution in [0.4, 0.5) is 4.79 Å². The van der Waals surface area contributed by atoms with Gasteiger partial charge in [0.2, 0.25) is 0 Å². The summed E-state index contributed by atoms with van der Waals surface area (Å²) in [4.78, 5) is 12.0. The average molecular weight is 306 g/mol. The van der Waals surface area contributed by atoms with Gasteiger partial charge in [0.25, 0.3) is 0 Å². The minimum Gasteiger partial charge on any atom is -0.378 e. The number of hydrogen-bond acceptors (Lipinski definition) is 3. The van der Waals surface area contributed by atoms with Gasteiger partial charge >= 0.3 is 6.03 Å². The second-order valence-corrected chi connectivity index (χ2v) is 6.43. The summed E-state index contributed by atoms with van der Waals surface area (Å²) in [5.74, 6) is 0.509. The molecule has 3 atom stereocenters. The van der Waals surface area contributed by atoms with Gasteiger partial charge in [-0.1, -0.05) is 0 Å². The highest BCUT2D eigenvalue weighted by molar-refractivity contribution is 5.74. The summed E-state index contributed by atoms with van der Waals surface area (Å²) >= 11 is 0. The van der Waals surface area contributed by atoms with Crippen molar-refractivity contribution in [3.8, 4) is 0 Å². The molecular formula is C16H26N4O2. The molecule has 2 heterocycles. The second kappa shape index (κ2) is 7.13. The SMILES string of the molecule is Cn1cc(CCCNC(=O)N[C@@H]2CCC[C@H]3OCC[C@@H]23)cn1. The van der Waals surface area contributed by atoms with Crippen LogP contribution < -0.4 is 10.6 Å². The predicted molar refractivity (Wildman–Crippen MR) is 83.5 cm³/mol. The highest BCUT2D eigenvalue weighted by Crippen LogP contribution is 2.34. The largest absolute Gasteiger partial charge is 0.378 e. The number of aryl methyl sites for hydroxylation is 2. The maximum atomic E-state index is 12.0. The number of rotatable bonds is 5. The molecule has 2 N–H and O–H groups in total. The summed E-state index contributed by atoms with van der Waals surface area (Å²) in [7, 11) is 1.92. The Morgan fingerprint density at radius 3 is 3.18 bits per heavy atom. The number of ether oxygens (including phenoxy) is 1. The fraction of sp³-hybridized carbons (Fsp3) is 0.750. The molecule has 0 aromatic carbocycles. The predicted octanol–water partition coefficient (Wildman–Crippen LogP) is 1.61. The van der Waals surface area contributed by atoms with E-state index in [9.17, 15) is 4.79 Å². The van der Waals surface area contributed by atoms with Crippen LogP contribution in [0.1, 0.15) is 37.7 Å². The fourth-order valence-corrected chi connectivity index (χ4v) is 3.67. The summed E-state index contributed by atoms with van der Waals surface area (Å²) in [5.41, 5.74) is 1.21. The van der Waals surface area contributed by atoms with Gasteiger partial charge in [0.1, 0.15) is 0 Å². The smallest absolute Gasteiger partial charge is 0.315 e. The monoisotopic (exact) mass is 306 g/mol. The maximum Gasteiger partial charge on any atom is 0.315 e. The van der Waals surface area contributed by atoms with Gasteiger partial charge in [-0.05, 0) is 44.1 Å². The van der Waals surface area contributed by atoms with Crippen LogP contribution in [0.3, 0.4) is 0 Å². The van der Waals surface area contributed by atoms with Crippen molar-refractivity contribution in [3.63, 3.8) is 0 Å². The molecular weight excluding hydrogens is 280 g/mol. The van der Waals surface area contributed by atoms with Gasteiger partial charge in [0.15, 0.2) is 0 Å². The molecule has 1 saturated carbocycles. The van der Waals surface area contributed by atoms with Crippen LogP contribution in [-0.4, -0.2) is 41.1 Å². The summed E-state index contributed by atoms with van der Waals surface area (Å²) in [6.07, 6.45) is 10.6. The van der Waals surface area contributed by atoms with Crippen molar-refractivity contribution < 1.29 is 9.53 Å². The molecule has 0 spiro atoms. The van der Waals surface area contributed by atoms with E-state index in [0.29, 0.717) is 18.6 Å². The van der Waals surface area contributed by atoms with Crippen molar-refractivity contribution in [3.05, 3.63) is 18.0 Å². The summed E-state index contributed by atoms with van der Waals surface area (Å²) in [6, 6.07) is 0.239. The lowest BCUT2D eigenvalue weighted by Gasteiger charge is -2.33. The van der Waals surface area contributed by atoms with Crippen LogP contribution in [0, 0.1) is 5.92 Å². The van der Waals surface area contributed by atoms with Crippen molar-refractivity contribution in [2.24, 2.45) is 13.0 Å². The second-order valence-electron chi connectivity index (χ2n) is 6.43. The summed E-state index contributed by atoms with van der Waals surface area (Å²) in [6.45, 7) is 1.54. The molecule has 1 saturated heterocycles.